The molecule has 0 fully saturated rings. The van der Waals surface area contributed by atoms with Gasteiger partial charge in [0.2, 0.25) is 0 Å². The fourth-order valence-electron chi connectivity index (χ4n) is 1.55. The normalized spacial score (nSPS) is 10.2. The molecule has 0 spiro atoms. The van der Waals surface area contributed by atoms with E-state index >= 15 is 0 Å². The molecule has 0 aromatic heterocycles. The third-order valence-electron chi connectivity index (χ3n) is 2.55. The predicted octanol–water partition coefficient (Wildman–Crippen LogP) is 3.52. The lowest BCUT2D eigenvalue weighted by Gasteiger charge is -2.09. The lowest BCUT2D eigenvalue weighted by atomic mass is 10.2. The summed E-state index contributed by atoms with van der Waals surface area (Å²) in [6.07, 6.45) is 0. The Kier molecular flexibility index (Phi) is 4.01. The molecule has 6 heteroatoms. The Balaban J connectivity index is 2.12. The van der Waals surface area contributed by atoms with Crippen molar-refractivity contribution in [3.05, 3.63) is 62.6 Å². The summed E-state index contributed by atoms with van der Waals surface area (Å²) in [6, 6.07) is 11.8. The summed E-state index contributed by atoms with van der Waals surface area (Å²) in [5.41, 5.74) is 6.89. The van der Waals surface area contributed by atoms with Crippen LogP contribution in [-0.2, 0) is 6.61 Å². The van der Waals surface area contributed by atoms with E-state index in [9.17, 15) is 10.1 Å². The molecule has 0 amide bonds. The molecule has 0 aliphatic heterocycles. The molecule has 0 aliphatic carbocycles. The van der Waals surface area contributed by atoms with Crippen LogP contribution in [-0.4, -0.2) is 4.92 Å². The maximum Gasteiger partial charge on any atom is 0.271 e. The smallest absolute Gasteiger partial charge is 0.271 e. The lowest BCUT2D eigenvalue weighted by molar-refractivity contribution is -0.384. The molecule has 2 rings (SSSR count). The fraction of sp³-hybridized carbons (Fsp3) is 0.0769. The van der Waals surface area contributed by atoms with Crippen molar-refractivity contribution < 1.29 is 9.66 Å². The summed E-state index contributed by atoms with van der Waals surface area (Å²) in [7, 11) is 0. The van der Waals surface area contributed by atoms with Crippen LogP contribution in [0, 0.1) is 10.1 Å². The highest BCUT2D eigenvalue weighted by Crippen LogP contribution is 2.27. The summed E-state index contributed by atoms with van der Waals surface area (Å²) in [5.74, 6) is 0.432. The molecule has 19 heavy (non-hydrogen) atoms. The van der Waals surface area contributed by atoms with Crippen molar-refractivity contribution in [3.8, 4) is 5.75 Å². The van der Waals surface area contributed by atoms with E-state index in [2.05, 4.69) is 15.9 Å². The molecule has 0 bridgehead atoms. The number of non-ortho nitro benzene ring substituents is 1. The van der Waals surface area contributed by atoms with Crippen LogP contribution in [0.5, 0.6) is 5.75 Å². The Bertz CT molecular complexity index is 617. The van der Waals surface area contributed by atoms with Crippen LogP contribution in [0.1, 0.15) is 5.56 Å². The average Bonchev–Trinajstić information content (AvgIpc) is 2.39. The third-order valence-corrected chi connectivity index (χ3v) is 3.32. The van der Waals surface area contributed by atoms with Crippen molar-refractivity contribution in [3.63, 3.8) is 0 Å². The van der Waals surface area contributed by atoms with Gasteiger partial charge in [0.25, 0.3) is 5.69 Å². The second kappa shape index (κ2) is 5.71. The summed E-state index contributed by atoms with van der Waals surface area (Å²) in [4.78, 5) is 10.1. The topological polar surface area (TPSA) is 78.4 Å². The van der Waals surface area contributed by atoms with Gasteiger partial charge in [0.15, 0.2) is 0 Å². The van der Waals surface area contributed by atoms with Crippen LogP contribution in [0.15, 0.2) is 46.9 Å². The van der Waals surface area contributed by atoms with Gasteiger partial charge in [-0.05, 0) is 12.1 Å². The molecule has 0 aliphatic rings. The zero-order valence-electron chi connectivity index (χ0n) is 9.88. The molecule has 0 heterocycles. The summed E-state index contributed by atoms with van der Waals surface area (Å²) in [5, 5.41) is 10.6. The number of nitrogen functional groups attached to an aromatic ring is 1. The van der Waals surface area contributed by atoms with Gasteiger partial charge in [-0.25, -0.2) is 0 Å². The molecule has 2 aromatic carbocycles. The number of nitro groups is 1. The molecule has 0 saturated heterocycles. The first-order valence-corrected chi connectivity index (χ1v) is 6.27. The number of anilines is 1. The SMILES string of the molecule is Nc1cc([N+](=O)[O-])ccc1OCc1ccccc1Br. The lowest BCUT2D eigenvalue weighted by Crippen LogP contribution is -2.00. The average molecular weight is 323 g/mol. The number of nitro benzene ring substituents is 1. The first-order chi connectivity index (χ1) is 9.08. The second-order valence-electron chi connectivity index (χ2n) is 3.86. The van der Waals surface area contributed by atoms with Crippen LogP contribution in [0.3, 0.4) is 0 Å². The number of hydrogen-bond acceptors (Lipinski definition) is 4. The highest BCUT2D eigenvalue weighted by atomic mass is 79.9. The minimum atomic E-state index is -0.492. The fourth-order valence-corrected chi connectivity index (χ4v) is 1.95. The number of nitrogens with two attached hydrogens (primary N) is 1. The van der Waals surface area contributed by atoms with Gasteiger partial charge in [0.05, 0.1) is 10.6 Å². The quantitative estimate of drug-likeness (QED) is 0.530. The Hall–Kier alpha value is -2.08. The van der Waals surface area contributed by atoms with Crippen molar-refractivity contribution >= 4 is 27.3 Å². The largest absolute Gasteiger partial charge is 0.487 e. The Morgan fingerprint density at radius 2 is 2.00 bits per heavy atom. The molecule has 98 valence electrons. The van der Waals surface area contributed by atoms with Crippen LogP contribution in [0.2, 0.25) is 0 Å². The minimum Gasteiger partial charge on any atom is -0.487 e. The van der Waals surface area contributed by atoms with E-state index in [1.54, 1.807) is 0 Å². The van der Waals surface area contributed by atoms with Crippen LogP contribution in [0.4, 0.5) is 11.4 Å². The van der Waals surface area contributed by atoms with E-state index in [4.69, 9.17) is 10.5 Å². The molecular weight excluding hydrogens is 312 g/mol. The third kappa shape index (κ3) is 3.23. The summed E-state index contributed by atoms with van der Waals surface area (Å²) in [6.45, 7) is 0.337. The van der Waals surface area contributed by atoms with E-state index < -0.39 is 4.92 Å². The molecule has 5 nitrogen and oxygen atoms in total. The van der Waals surface area contributed by atoms with Gasteiger partial charge in [0, 0.05) is 22.2 Å². The van der Waals surface area contributed by atoms with Gasteiger partial charge in [-0.1, -0.05) is 34.1 Å². The summed E-state index contributed by atoms with van der Waals surface area (Å²) < 4.78 is 6.50. The number of halogens is 1. The van der Waals surface area contributed by atoms with E-state index in [0.717, 1.165) is 10.0 Å². The number of benzene rings is 2. The van der Waals surface area contributed by atoms with Gasteiger partial charge in [0.1, 0.15) is 12.4 Å². The zero-order chi connectivity index (χ0) is 13.8. The van der Waals surface area contributed by atoms with Crippen LogP contribution >= 0.6 is 15.9 Å². The van der Waals surface area contributed by atoms with Crippen LogP contribution in [0.25, 0.3) is 0 Å². The Labute approximate surface area is 118 Å². The van der Waals surface area contributed by atoms with Crippen molar-refractivity contribution in [2.75, 3.05) is 5.73 Å². The van der Waals surface area contributed by atoms with Gasteiger partial charge in [-0.2, -0.15) is 0 Å². The summed E-state index contributed by atoms with van der Waals surface area (Å²) >= 11 is 3.42. The van der Waals surface area contributed by atoms with Crippen molar-refractivity contribution in [1.29, 1.82) is 0 Å². The van der Waals surface area contributed by atoms with Crippen LogP contribution < -0.4 is 10.5 Å². The Morgan fingerprint density at radius 3 is 2.63 bits per heavy atom. The monoisotopic (exact) mass is 322 g/mol. The number of ether oxygens (including phenoxy) is 1. The molecule has 0 atom stereocenters. The zero-order valence-corrected chi connectivity index (χ0v) is 11.5. The molecule has 0 radical (unpaired) electrons. The van der Waals surface area contributed by atoms with E-state index in [1.807, 2.05) is 24.3 Å². The van der Waals surface area contributed by atoms with E-state index in [0.29, 0.717) is 12.4 Å². The highest BCUT2D eigenvalue weighted by Gasteiger charge is 2.10. The number of nitrogens with zero attached hydrogens (tertiary/aromatic N) is 1. The van der Waals surface area contributed by atoms with Gasteiger partial charge in [-0.15, -0.1) is 0 Å². The maximum atomic E-state index is 10.6. The van der Waals surface area contributed by atoms with Gasteiger partial charge < -0.3 is 10.5 Å². The maximum absolute atomic E-state index is 10.6. The second-order valence-corrected chi connectivity index (χ2v) is 4.71. The van der Waals surface area contributed by atoms with E-state index in [1.165, 1.54) is 18.2 Å². The van der Waals surface area contributed by atoms with Crippen molar-refractivity contribution in [2.45, 2.75) is 6.61 Å². The van der Waals surface area contributed by atoms with E-state index in [-0.39, 0.29) is 11.4 Å². The minimum absolute atomic E-state index is 0.0502. The first kappa shape index (κ1) is 13.4. The number of hydrogen-bond donors (Lipinski definition) is 1. The first-order valence-electron chi connectivity index (χ1n) is 5.48. The highest BCUT2D eigenvalue weighted by molar-refractivity contribution is 9.10. The van der Waals surface area contributed by atoms with Gasteiger partial charge in [-0.3, -0.25) is 10.1 Å². The van der Waals surface area contributed by atoms with Gasteiger partial charge >= 0.3 is 0 Å². The standard InChI is InChI=1S/C13H11BrN2O3/c14-11-4-2-1-3-9(11)8-19-13-6-5-10(16(17)18)7-12(13)15/h1-7H,8,15H2. The molecule has 2 aromatic rings. The number of rotatable bonds is 4. The van der Waals surface area contributed by atoms with Crippen molar-refractivity contribution in [2.24, 2.45) is 0 Å². The molecule has 2 N–H and O–H groups in total. The molecule has 0 unspecified atom stereocenters. The van der Waals surface area contributed by atoms with Crippen molar-refractivity contribution in [1.82, 2.24) is 0 Å². The Morgan fingerprint density at radius 1 is 1.26 bits per heavy atom. The molecule has 0 saturated carbocycles. The molecular formula is C13H11BrN2O3. The predicted molar refractivity (Wildman–Crippen MR) is 76.0 cm³/mol.